The lowest BCUT2D eigenvalue weighted by molar-refractivity contribution is -0.116. The quantitative estimate of drug-likeness (QED) is 0.254. The molecule has 0 atom stereocenters. The molecular formula is C28H36N4O4. The van der Waals surface area contributed by atoms with Gasteiger partial charge in [-0.15, -0.1) is 0 Å². The van der Waals surface area contributed by atoms with Gasteiger partial charge in [-0.05, 0) is 38.1 Å². The van der Waals surface area contributed by atoms with Gasteiger partial charge in [-0.25, -0.2) is 0 Å². The molecule has 2 aromatic rings. The van der Waals surface area contributed by atoms with Crippen molar-refractivity contribution < 1.29 is 19.2 Å². The van der Waals surface area contributed by atoms with Crippen molar-refractivity contribution in [1.82, 2.24) is 10.6 Å². The van der Waals surface area contributed by atoms with Crippen LogP contribution in [0.5, 0.6) is 0 Å². The number of anilines is 2. The standard InChI is InChI=1S/C28H36N4O4/c1-3-5-7-15-29-17-23(33)31-21-13-9-11-19-25(21)27(35)20-12-10-14-22(26(20)28(19)36)32-24(34)18-30-16-8-6-4-2/h9-14,29-30H,3-8,15-18H2,1-2H3,(H,31,33)(H,32,34). The summed E-state index contributed by atoms with van der Waals surface area (Å²) in [4.78, 5) is 51.8. The van der Waals surface area contributed by atoms with Crippen molar-refractivity contribution in [3.05, 3.63) is 58.7 Å². The zero-order chi connectivity index (χ0) is 25.9. The summed E-state index contributed by atoms with van der Waals surface area (Å²) in [6.45, 7) is 5.95. The summed E-state index contributed by atoms with van der Waals surface area (Å²) in [5, 5.41) is 11.7. The van der Waals surface area contributed by atoms with Gasteiger partial charge in [0.15, 0.2) is 11.6 Å². The van der Waals surface area contributed by atoms with Crippen molar-refractivity contribution in [2.45, 2.75) is 52.4 Å². The normalized spacial score (nSPS) is 12.2. The van der Waals surface area contributed by atoms with Crippen LogP contribution in [-0.2, 0) is 9.59 Å². The fraction of sp³-hybridized carbons (Fsp3) is 0.429. The van der Waals surface area contributed by atoms with Crippen LogP contribution in [0.3, 0.4) is 0 Å². The van der Waals surface area contributed by atoms with Crippen LogP contribution in [0.15, 0.2) is 36.4 Å². The molecular weight excluding hydrogens is 456 g/mol. The van der Waals surface area contributed by atoms with E-state index < -0.39 is 0 Å². The van der Waals surface area contributed by atoms with Gasteiger partial charge < -0.3 is 21.3 Å². The monoisotopic (exact) mass is 492 g/mol. The van der Waals surface area contributed by atoms with Crippen LogP contribution in [-0.4, -0.2) is 49.6 Å². The molecule has 1 aliphatic carbocycles. The zero-order valence-corrected chi connectivity index (χ0v) is 21.2. The van der Waals surface area contributed by atoms with Crippen molar-refractivity contribution in [3.8, 4) is 0 Å². The van der Waals surface area contributed by atoms with E-state index in [1.165, 1.54) is 0 Å². The van der Waals surface area contributed by atoms with Crippen LogP contribution in [0.25, 0.3) is 0 Å². The number of amides is 2. The van der Waals surface area contributed by atoms with Crippen molar-refractivity contribution in [2.75, 3.05) is 36.8 Å². The number of hydrogen-bond donors (Lipinski definition) is 4. The summed E-state index contributed by atoms with van der Waals surface area (Å²) < 4.78 is 0. The topological polar surface area (TPSA) is 116 Å². The van der Waals surface area contributed by atoms with Crippen LogP contribution in [0, 0.1) is 0 Å². The molecule has 0 radical (unpaired) electrons. The lowest BCUT2D eigenvalue weighted by atomic mass is 9.82. The summed E-state index contributed by atoms with van der Waals surface area (Å²) in [5.74, 6) is -1.28. The van der Waals surface area contributed by atoms with E-state index in [2.05, 4.69) is 35.1 Å². The van der Waals surface area contributed by atoms with Crippen LogP contribution in [0.1, 0.15) is 84.2 Å². The molecule has 0 unspecified atom stereocenters. The maximum absolute atomic E-state index is 13.5. The number of carbonyl (C=O) groups is 4. The molecule has 0 spiro atoms. The van der Waals surface area contributed by atoms with E-state index in [1.807, 2.05) is 0 Å². The Morgan fingerprint density at radius 3 is 1.44 bits per heavy atom. The highest BCUT2D eigenvalue weighted by Crippen LogP contribution is 2.35. The number of unbranched alkanes of at least 4 members (excludes halogenated alkanes) is 4. The Morgan fingerprint density at radius 1 is 0.639 bits per heavy atom. The number of fused-ring (bicyclic) bond motifs is 2. The molecule has 2 aromatic carbocycles. The van der Waals surface area contributed by atoms with Gasteiger partial charge in [0.1, 0.15) is 0 Å². The van der Waals surface area contributed by atoms with Gasteiger partial charge in [0.2, 0.25) is 11.8 Å². The van der Waals surface area contributed by atoms with Crippen LogP contribution in [0.4, 0.5) is 11.4 Å². The van der Waals surface area contributed by atoms with Crippen molar-refractivity contribution >= 4 is 34.8 Å². The molecule has 36 heavy (non-hydrogen) atoms. The van der Waals surface area contributed by atoms with E-state index in [9.17, 15) is 19.2 Å². The molecule has 0 heterocycles. The third-order valence-corrected chi connectivity index (χ3v) is 6.11. The van der Waals surface area contributed by atoms with E-state index in [-0.39, 0.29) is 58.7 Å². The molecule has 2 amide bonds. The summed E-state index contributed by atoms with van der Waals surface area (Å²) in [6, 6.07) is 9.68. The SMILES string of the molecule is CCCCCNCC(=O)Nc1cccc2c1C(=O)c1cccc(NC(=O)CNCCCCC)c1C2=O. The Labute approximate surface area is 212 Å². The lowest BCUT2D eigenvalue weighted by Gasteiger charge is -2.22. The maximum atomic E-state index is 13.5. The van der Waals surface area contributed by atoms with E-state index in [0.29, 0.717) is 11.4 Å². The first-order chi connectivity index (χ1) is 17.5. The predicted molar refractivity (Wildman–Crippen MR) is 142 cm³/mol. The number of rotatable bonds is 14. The molecule has 192 valence electrons. The van der Waals surface area contributed by atoms with Crippen molar-refractivity contribution in [2.24, 2.45) is 0 Å². The summed E-state index contributed by atoms with van der Waals surface area (Å²) in [6.07, 6.45) is 6.36. The van der Waals surface area contributed by atoms with Gasteiger partial charge in [-0.3, -0.25) is 19.2 Å². The third-order valence-electron chi connectivity index (χ3n) is 6.11. The van der Waals surface area contributed by atoms with E-state index >= 15 is 0 Å². The minimum atomic E-state index is -0.361. The minimum Gasteiger partial charge on any atom is -0.324 e. The van der Waals surface area contributed by atoms with Gasteiger partial charge in [0.25, 0.3) is 0 Å². The summed E-state index contributed by atoms with van der Waals surface area (Å²) in [5.41, 5.74) is 1.39. The first kappa shape index (κ1) is 27.2. The fourth-order valence-corrected chi connectivity index (χ4v) is 4.24. The molecule has 0 bridgehead atoms. The number of ketones is 2. The Kier molecular flexibility index (Phi) is 10.3. The highest BCUT2D eigenvalue weighted by atomic mass is 16.2. The lowest BCUT2D eigenvalue weighted by Crippen LogP contribution is -2.31. The van der Waals surface area contributed by atoms with Gasteiger partial charge in [-0.1, -0.05) is 63.8 Å². The number of nitrogens with one attached hydrogen (secondary N) is 4. The van der Waals surface area contributed by atoms with Gasteiger partial charge in [-0.2, -0.15) is 0 Å². The summed E-state index contributed by atoms with van der Waals surface area (Å²) in [7, 11) is 0. The molecule has 0 saturated carbocycles. The molecule has 1 aliphatic rings. The molecule has 0 saturated heterocycles. The first-order valence-corrected chi connectivity index (χ1v) is 12.8. The largest absolute Gasteiger partial charge is 0.324 e. The second kappa shape index (κ2) is 13.7. The third kappa shape index (κ3) is 6.86. The van der Waals surface area contributed by atoms with Gasteiger partial charge in [0.05, 0.1) is 35.6 Å². The Balaban J connectivity index is 1.74. The molecule has 0 aromatic heterocycles. The number of benzene rings is 2. The molecule has 4 N–H and O–H groups in total. The smallest absolute Gasteiger partial charge is 0.238 e. The Morgan fingerprint density at radius 2 is 1.06 bits per heavy atom. The van der Waals surface area contributed by atoms with Crippen molar-refractivity contribution in [1.29, 1.82) is 0 Å². The minimum absolute atomic E-state index is 0.120. The Hall–Kier alpha value is -3.36. The van der Waals surface area contributed by atoms with Crippen LogP contribution < -0.4 is 21.3 Å². The number of hydrogen-bond acceptors (Lipinski definition) is 6. The van der Waals surface area contributed by atoms with Gasteiger partial charge in [0, 0.05) is 11.1 Å². The van der Waals surface area contributed by atoms with E-state index in [0.717, 1.165) is 51.6 Å². The predicted octanol–water partition coefficient (Wildman–Crippen LogP) is 3.90. The summed E-state index contributed by atoms with van der Waals surface area (Å²) >= 11 is 0. The molecule has 0 aliphatic heterocycles. The van der Waals surface area contributed by atoms with Crippen molar-refractivity contribution in [3.63, 3.8) is 0 Å². The van der Waals surface area contributed by atoms with Crippen LogP contribution in [0.2, 0.25) is 0 Å². The molecule has 0 fully saturated rings. The Bertz CT molecular complexity index is 1030. The zero-order valence-electron chi connectivity index (χ0n) is 21.2. The highest BCUT2D eigenvalue weighted by Gasteiger charge is 2.34. The second-order valence-electron chi connectivity index (χ2n) is 8.98. The molecule has 8 nitrogen and oxygen atoms in total. The number of carbonyl (C=O) groups excluding carboxylic acids is 4. The first-order valence-electron chi connectivity index (χ1n) is 12.8. The average Bonchev–Trinajstić information content (AvgIpc) is 2.87. The van der Waals surface area contributed by atoms with Gasteiger partial charge >= 0.3 is 0 Å². The van der Waals surface area contributed by atoms with Crippen LogP contribution >= 0.6 is 0 Å². The molecule has 8 heteroatoms. The second-order valence-corrected chi connectivity index (χ2v) is 8.98. The average molecular weight is 493 g/mol. The maximum Gasteiger partial charge on any atom is 0.238 e. The highest BCUT2D eigenvalue weighted by molar-refractivity contribution is 6.32. The van der Waals surface area contributed by atoms with E-state index in [4.69, 9.17) is 0 Å². The van der Waals surface area contributed by atoms with E-state index in [1.54, 1.807) is 36.4 Å². The molecule has 3 rings (SSSR count). The fourth-order valence-electron chi connectivity index (χ4n) is 4.24.